The summed E-state index contributed by atoms with van der Waals surface area (Å²) < 4.78 is 7.40. The maximum Gasteiger partial charge on any atom is 0.167 e. The van der Waals surface area contributed by atoms with Crippen LogP contribution < -0.4 is 5.73 Å². The van der Waals surface area contributed by atoms with Gasteiger partial charge in [0, 0.05) is 6.72 Å². The number of aliphatic hydroxyl groups excluding tert-OH is 2. The third kappa shape index (κ3) is 3.41. The largest absolute Gasteiger partial charge is 0.387 e. The molecule has 2 aromatic rings. The maximum absolute atomic E-state index is 10.5. The highest BCUT2D eigenvalue weighted by Crippen LogP contribution is 2.32. The molecule has 0 amide bonds. The van der Waals surface area contributed by atoms with E-state index in [1.54, 1.807) is 0 Å². The lowest BCUT2D eigenvalue weighted by molar-refractivity contribution is -0.218. The van der Waals surface area contributed by atoms with E-state index in [2.05, 4.69) is 26.8 Å². The summed E-state index contributed by atoms with van der Waals surface area (Å²) >= 11 is 0. The van der Waals surface area contributed by atoms with Crippen LogP contribution in [0, 0.1) is 0 Å². The summed E-state index contributed by atoms with van der Waals surface area (Å²) in [7, 11) is 0. The first-order valence-electron chi connectivity index (χ1n) is 9.43. The van der Waals surface area contributed by atoms with Crippen LogP contribution in [-0.4, -0.2) is 72.6 Å². The molecule has 0 spiro atoms. The molecule has 0 radical (unpaired) electrons. The van der Waals surface area contributed by atoms with Crippen LogP contribution in [0.4, 0.5) is 5.82 Å². The third-order valence-corrected chi connectivity index (χ3v) is 5.40. The van der Waals surface area contributed by atoms with Crippen molar-refractivity contribution >= 4 is 23.7 Å². The fraction of sp³-hybridized carbons (Fsp3) is 0.647. The Kier molecular flexibility index (Phi) is 5.40. The van der Waals surface area contributed by atoms with Crippen molar-refractivity contribution in [2.24, 2.45) is 5.10 Å². The molecule has 2 fully saturated rings. The molecule has 4 N–H and O–H groups in total. The highest BCUT2D eigenvalue weighted by Gasteiger charge is 2.45. The molecule has 28 heavy (non-hydrogen) atoms. The van der Waals surface area contributed by atoms with Gasteiger partial charge in [0.15, 0.2) is 17.7 Å². The van der Waals surface area contributed by atoms with Crippen LogP contribution >= 0.6 is 0 Å². The van der Waals surface area contributed by atoms with E-state index in [9.17, 15) is 10.2 Å². The topological polar surface area (TPSA) is 144 Å². The van der Waals surface area contributed by atoms with Gasteiger partial charge in [0.05, 0.1) is 12.4 Å². The summed E-state index contributed by atoms with van der Waals surface area (Å²) in [6, 6.07) is 0.169. The monoisotopic (exact) mass is 391 g/mol. The van der Waals surface area contributed by atoms with E-state index in [0.717, 1.165) is 25.7 Å². The summed E-state index contributed by atoms with van der Waals surface area (Å²) in [6.45, 7) is 3.61. The highest BCUT2D eigenvalue weighted by atomic mass is 16.7. The van der Waals surface area contributed by atoms with Crippen LogP contribution in [0.5, 0.6) is 0 Å². The van der Waals surface area contributed by atoms with Gasteiger partial charge in [0.2, 0.25) is 0 Å². The van der Waals surface area contributed by atoms with Crippen molar-refractivity contribution in [2.45, 2.75) is 62.7 Å². The number of hydrazone groups is 1. The van der Waals surface area contributed by atoms with Crippen LogP contribution in [0.15, 0.2) is 17.8 Å². The minimum absolute atomic E-state index is 0.0357. The molecule has 0 aromatic carbocycles. The summed E-state index contributed by atoms with van der Waals surface area (Å²) in [4.78, 5) is 18.0. The normalized spacial score (nSPS) is 28.6. The lowest BCUT2D eigenvalue weighted by Gasteiger charge is -2.31. The Morgan fingerprint density at radius 1 is 1.25 bits per heavy atom. The van der Waals surface area contributed by atoms with Gasteiger partial charge in [-0.25, -0.2) is 15.0 Å². The Labute approximate surface area is 161 Å². The summed E-state index contributed by atoms with van der Waals surface area (Å²) in [5.41, 5.74) is 6.63. The van der Waals surface area contributed by atoms with Crippen molar-refractivity contribution in [3.8, 4) is 0 Å². The number of aromatic nitrogens is 4. The van der Waals surface area contributed by atoms with Gasteiger partial charge >= 0.3 is 0 Å². The second-order valence-electron chi connectivity index (χ2n) is 7.16. The van der Waals surface area contributed by atoms with Gasteiger partial charge in [0.25, 0.3) is 0 Å². The second-order valence-corrected chi connectivity index (χ2v) is 7.16. The molecule has 4 atom stereocenters. The number of hydrogen-bond acceptors (Lipinski definition) is 10. The summed E-state index contributed by atoms with van der Waals surface area (Å²) in [5.74, 6) is 0.233. The van der Waals surface area contributed by atoms with E-state index < -0.39 is 24.5 Å². The minimum Gasteiger partial charge on any atom is -0.387 e. The van der Waals surface area contributed by atoms with Crippen LogP contribution in [0.3, 0.4) is 0 Å². The van der Waals surface area contributed by atoms with Crippen molar-refractivity contribution < 1.29 is 19.8 Å². The number of hydrogen-bond donors (Lipinski definition) is 3. The molecule has 11 nitrogen and oxygen atoms in total. The van der Waals surface area contributed by atoms with Crippen molar-refractivity contribution in [3.05, 3.63) is 12.7 Å². The number of rotatable bonds is 6. The predicted molar refractivity (Wildman–Crippen MR) is 99.9 cm³/mol. The molecule has 1 aliphatic heterocycles. The Bertz CT molecular complexity index is 825. The van der Waals surface area contributed by atoms with E-state index in [1.807, 2.05) is 0 Å². The zero-order valence-electron chi connectivity index (χ0n) is 15.5. The van der Waals surface area contributed by atoms with E-state index in [1.165, 1.54) is 28.8 Å². The molecular weight excluding hydrogens is 366 g/mol. The SMILES string of the molecule is C=NN(OC[C@H]1O[C@@H](n2cnc3c(N)ncnc32)[C@H](O)[C@@H]1O)C1CCCCC1. The summed E-state index contributed by atoms with van der Waals surface area (Å²) in [5, 5.41) is 26.4. The Morgan fingerprint density at radius 3 is 2.79 bits per heavy atom. The standard InChI is InChI=1S/C17H25N7O4/c1-19-24(10-5-3-2-4-6-10)27-7-11-13(25)14(26)17(28-11)23-9-22-12-15(18)20-8-21-16(12)23/h8-11,13-14,17,25-26H,1-7H2,(H2,18,20,21)/t11-,13-,14-,17-/m1/s1. The van der Waals surface area contributed by atoms with E-state index in [-0.39, 0.29) is 18.5 Å². The van der Waals surface area contributed by atoms with E-state index in [0.29, 0.717) is 11.2 Å². The zero-order chi connectivity index (χ0) is 19.7. The molecule has 2 aromatic heterocycles. The number of nitrogens with zero attached hydrogens (tertiary/aromatic N) is 6. The molecule has 1 saturated carbocycles. The third-order valence-electron chi connectivity index (χ3n) is 5.40. The van der Waals surface area contributed by atoms with Crippen LogP contribution in [-0.2, 0) is 9.57 Å². The Hall–Kier alpha value is -2.34. The predicted octanol–water partition coefficient (Wildman–Crippen LogP) is 0.210. The molecule has 0 unspecified atom stereocenters. The average molecular weight is 391 g/mol. The van der Waals surface area contributed by atoms with Gasteiger partial charge in [0.1, 0.15) is 36.8 Å². The van der Waals surface area contributed by atoms with E-state index in [4.69, 9.17) is 15.3 Å². The smallest absolute Gasteiger partial charge is 0.167 e. The molecule has 0 bridgehead atoms. The van der Waals surface area contributed by atoms with Crippen molar-refractivity contribution in [3.63, 3.8) is 0 Å². The fourth-order valence-electron chi connectivity index (χ4n) is 3.87. The number of ether oxygens (including phenoxy) is 1. The molecule has 152 valence electrons. The van der Waals surface area contributed by atoms with Crippen LogP contribution in [0.25, 0.3) is 11.2 Å². The number of anilines is 1. The second kappa shape index (κ2) is 7.95. The molecule has 1 aliphatic carbocycles. The number of aliphatic hydroxyl groups is 2. The van der Waals surface area contributed by atoms with Gasteiger partial charge < -0.3 is 20.7 Å². The van der Waals surface area contributed by atoms with Crippen LogP contribution in [0.2, 0.25) is 0 Å². The first-order valence-corrected chi connectivity index (χ1v) is 9.43. The number of nitrogen functional groups attached to an aromatic ring is 1. The van der Waals surface area contributed by atoms with Crippen molar-refractivity contribution in [1.29, 1.82) is 0 Å². The zero-order valence-corrected chi connectivity index (χ0v) is 15.5. The van der Waals surface area contributed by atoms with Crippen molar-refractivity contribution in [1.82, 2.24) is 24.7 Å². The molecule has 2 aliphatic rings. The maximum atomic E-state index is 10.5. The number of hydroxylamine groups is 1. The van der Waals surface area contributed by atoms with Gasteiger partial charge in [-0.05, 0) is 12.8 Å². The van der Waals surface area contributed by atoms with Crippen LogP contribution in [0.1, 0.15) is 38.3 Å². The fourth-order valence-corrected chi connectivity index (χ4v) is 3.87. The summed E-state index contributed by atoms with van der Waals surface area (Å²) in [6.07, 6.45) is 4.28. The molecule has 4 rings (SSSR count). The number of imidazole rings is 1. The lowest BCUT2D eigenvalue weighted by Crippen LogP contribution is -2.38. The molecule has 1 saturated heterocycles. The van der Waals surface area contributed by atoms with Gasteiger partial charge in [-0.3, -0.25) is 9.40 Å². The molecule has 11 heteroatoms. The van der Waals surface area contributed by atoms with Gasteiger partial charge in [-0.1, -0.05) is 19.3 Å². The first-order chi connectivity index (χ1) is 13.6. The number of nitrogens with two attached hydrogens (primary N) is 1. The van der Waals surface area contributed by atoms with Gasteiger partial charge in [-0.15, -0.1) is 0 Å². The lowest BCUT2D eigenvalue weighted by atomic mass is 9.96. The quantitative estimate of drug-likeness (QED) is 0.465. The van der Waals surface area contributed by atoms with E-state index >= 15 is 0 Å². The van der Waals surface area contributed by atoms with Crippen molar-refractivity contribution in [2.75, 3.05) is 12.3 Å². The first kappa shape index (κ1) is 19.0. The minimum atomic E-state index is -1.18. The Morgan fingerprint density at radius 2 is 2.04 bits per heavy atom. The average Bonchev–Trinajstić information content (AvgIpc) is 3.26. The Balaban J connectivity index is 1.45. The van der Waals surface area contributed by atoms with Gasteiger partial charge in [-0.2, -0.15) is 10.3 Å². The highest BCUT2D eigenvalue weighted by molar-refractivity contribution is 5.81. The number of fused-ring (bicyclic) bond motifs is 1. The molecule has 3 heterocycles. The molecular formula is C17H25N7O4.